The van der Waals surface area contributed by atoms with Crippen molar-refractivity contribution in [2.24, 2.45) is 0 Å². The second-order valence-electron chi connectivity index (χ2n) is 13.1. The molecule has 2 aromatic rings. The summed E-state index contributed by atoms with van der Waals surface area (Å²) in [7, 11) is 8.96. The first kappa shape index (κ1) is 28.0. The van der Waals surface area contributed by atoms with Gasteiger partial charge in [0.2, 0.25) is 5.69 Å². The molecule has 0 aromatic heterocycles. The molecule has 0 bridgehead atoms. The Hall–Kier alpha value is -2.59. The first-order chi connectivity index (χ1) is 18.1. The van der Waals surface area contributed by atoms with Gasteiger partial charge in [0.15, 0.2) is 5.71 Å². The van der Waals surface area contributed by atoms with Crippen LogP contribution in [0.2, 0.25) is 10.0 Å². The van der Waals surface area contributed by atoms with Crippen LogP contribution in [0.5, 0.6) is 0 Å². The van der Waals surface area contributed by atoms with Gasteiger partial charge in [-0.25, -0.2) is 0 Å². The quantitative estimate of drug-likeness (QED) is 0.270. The molecular weight excluding hydrogens is 521 g/mol. The van der Waals surface area contributed by atoms with E-state index in [4.69, 9.17) is 23.2 Å². The molecule has 2 aromatic carbocycles. The van der Waals surface area contributed by atoms with Gasteiger partial charge in [-0.2, -0.15) is 4.58 Å². The second kappa shape index (κ2) is 9.51. The monoisotopic (exact) mass is 561 g/mol. The van der Waals surface area contributed by atoms with Crippen LogP contribution in [0.25, 0.3) is 0 Å². The Morgan fingerprint density at radius 2 is 1.51 bits per heavy atom. The van der Waals surface area contributed by atoms with Gasteiger partial charge in [0.25, 0.3) is 0 Å². The van der Waals surface area contributed by atoms with Gasteiger partial charge in [-0.1, -0.05) is 43.1 Å². The van der Waals surface area contributed by atoms with Gasteiger partial charge in [-0.15, -0.1) is 0 Å². The zero-order valence-corrected chi connectivity index (χ0v) is 26.3. The van der Waals surface area contributed by atoms with Crippen molar-refractivity contribution < 1.29 is 9.06 Å². The highest BCUT2D eigenvalue weighted by Gasteiger charge is 2.43. The number of fused-ring (bicyclic) bond motifs is 2. The van der Waals surface area contributed by atoms with E-state index >= 15 is 0 Å². The van der Waals surface area contributed by atoms with Gasteiger partial charge < -0.3 is 9.38 Å². The van der Waals surface area contributed by atoms with Gasteiger partial charge in [0.05, 0.1) is 19.5 Å². The van der Waals surface area contributed by atoms with Crippen LogP contribution >= 0.6 is 23.2 Å². The number of allylic oxidation sites excluding steroid dienone is 4. The van der Waals surface area contributed by atoms with E-state index in [1.165, 1.54) is 50.6 Å². The number of rotatable bonds is 3. The fourth-order valence-electron chi connectivity index (χ4n) is 6.75. The minimum atomic E-state index is -0.112. The van der Waals surface area contributed by atoms with E-state index in [9.17, 15) is 0 Å². The lowest BCUT2D eigenvalue weighted by Crippen LogP contribution is -2.45. The topological polar surface area (TPSA) is 6.25 Å². The third-order valence-corrected chi connectivity index (χ3v) is 9.51. The molecule has 3 aliphatic heterocycles. The number of hydrogen-bond acceptors (Lipinski definition) is 1. The number of nitrogens with zero attached hydrogens (tertiary/aromatic N) is 3. The van der Waals surface area contributed by atoms with Crippen LogP contribution in [0.4, 0.5) is 11.4 Å². The van der Waals surface area contributed by atoms with E-state index in [0.29, 0.717) is 0 Å². The molecule has 3 nitrogen and oxygen atoms in total. The van der Waals surface area contributed by atoms with Crippen molar-refractivity contribution in [2.45, 2.75) is 45.4 Å². The largest absolute Gasteiger partial charge is 0.347 e. The number of quaternary nitrogens is 1. The summed E-state index contributed by atoms with van der Waals surface area (Å²) < 4.78 is 3.23. The highest BCUT2D eigenvalue weighted by atomic mass is 35.5. The summed E-state index contributed by atoms with van der Waals surface area (Å²) in [4.78, 5) is 2.31. The summed E-state index contributed by atoms with van der Waals surface area (Å²) in [6, 6.07) is 12.5. The summed E-state index contributed by atoms with van der Waals surface area (Å²) in [6.07, 6.45) is 9.34. The van der Waals surface area contributed by atoms with Crippen LogP contribution in [0, 0.1) is 0 Å². The standard InChI is InChI=1S/C34H41Cl2N3/c1-22-23(10-16-31-33(2,3)27-18-25(35)12-14-29(27)37(31)6)20-39(8,9)21-24(22)11-17-32-34(4,5)28-19-26(36)13-15-30(28)38(32)7/h10-19H,20-21H2,1-9H3/q+2. The molecule has 0 fully saturated rings. The molecule has 5 rings (SSSR count). The lowest BCUT2D eigenvalue weighted by atomic mass is 9.81. The first-order valence-corrected chi connectivity index (χ1v) is 14.5. The molecule has 5 heteroatoms. The average Bonchev–Trinajstić information content (AvgIpc) is 3.15. The van der Waals surface area contributed by atoms with E-state index in [-0.39, 0.29) is 10.8 Å². The maximum atomic E-state index is 6.37. The molecule has 204 valence electrons. The summed E-state index contributed by atoms with van der Waals surface area (Å²) in [5.41, 5.74) is 11.5. The average molecular weight is 563 g/mol. The Bertz CT molecular complexity index is 1530. The molecule has 0 atom stereocenters. The van der Waals surface area contributed by atoms with E-state index in [0.717, 1.165) is 27.6 Å². The highest BCUT2D eigenvalue weighted by Crippen LogP contribution is 2.48. The fraction of sp³-hybridized carbons (Fsp3) is 0.382. The highest BCUT2D eigenvalue weighted by molar-refractivity contribution is 6.31. The SMILES string of the molecule is CC1=C(/C=C/C2=[N+](C)c3ccc(Cl)cc3C2(C)C)C[N+](C)(C)C/C1=C\C=C1\N(C)c2ccc(Cl)cc2C1(C)C. The molecule has 0 radical (unpaired) electrons. The van der Waals surface area contributed by atoms with Crippen LogP contribution in [0.15, 0.2) is 83.1 Å². The molecule has 3 aliphatic rings. The normalized spacial score (nSPS) is 23.4. The van der Waals surface area contributed by atoms with Crippen molar-refractivity contribution in [1.29, 1.82) is 0 Å². The molecular formula is C34H41Cl2N3+2. The molecule has 0 aliphatic carbocycles. The second-order valence-corrected chi connectivity index (χ2v) is 13.9. The van der Waals surface area contributed by atoms with Crippen LogP contribution in [0.1, 0.15) is 45.7 Å². The number of likely N-dealkylation sites (N-methyl/N-ethyl adjacent to an activating group) is 2. The smallest absolute Gasteiger partial charge is 0.209 e. The third kappa shape index (κ3) is 4.73. The van der Waals surface area contributed by atoms with Gasteiger partial charge >= 0.3 is 0 Å². The number of hydrogen-bond donors (Lipinski definition) is 0. The van der Waals surface area contributed by atoms with Crippen LogP contribution in [-0.4, -0.2) is 56.1 Å². The summed E-state index contributed by atoms with van der Waals surface area (Å²) in [5, 5.41) is 1.58. The summed E-state index contributed by atoms with van der Waals surface area (Å²) >= 11 is 12.7. The lowest BCUT2D eigenvalue weighted by Gasteiger charge is -2.36. The predicted molar refractivity (Wildman–Crippen MR) is 168 cm³/mol. The number of benzene rings is 2. The number of halogens is 2. The first-order valence-electron chi connectivity index (χ1n) is 13.7. The molecule has 0 saturated heterocycles. The van der Waals surface area contributed by atoms with E-state index < -0.39 is 0 Å². The molecule has 39 heavy (non-hydrogen) atoms. The van der Waals surface area contributed by atoms with E-state index in [2.05, 4.69) is 121 Å². The van der Waals surface area contributed by atoms with Gasteiger partial charge in [-0.05, 0) is 74.4 Å². The van der Waals surface area contributed by atoms with Gasteiger partial charge in [-0.3, -0.25) is 0 Å². The van der Waals surface area contributed by atoms with Crippen molar-refractivity contribution >= 4 is 40.3 Å². The molecule has 0 N–H and O–H groups in total. The van der Waals surface area contributed by atoms with Crippen molar-refractivity contribution in [1.82, 2.24) is 0 Å². The Kier molecular flexibility index (Phi) is 6.81. The van der Waals surface area contributed by atoms with Crippen molar-refractivity contribution in [3.8, 4) is 0 Å². The van der Waals surface area contributed by atoms with Crippen molar-refractivity contribution in [3.63, 3.8) is 0 Å². The zero-order chi connectivity index (χ0) is 28.5. The van der Waals surface area contributed by atoms with Crippen LogP contribution in [0.3, 0.4) is 0 Å². The third-order valence-electron chi connectivity index (χ3n) is 9.03. The van der Waals surface area contributed by atoms with Crippen LogP contribution in [-0.2, 0) is 10.8 Å². The zero-order valence-electron chi connectivity index (χ0n) is 24.8. The molecule has 0 amide bonds. The van der Waals surface area contributed by atoms with E-state index in [1.807, 2.05) is 12.1 Å². The Labute approximate surface area is 244 Å². The maximum Gasteiger partial charge on any atom is 0.209 e. The minimum Gasteiger partial charge on any atom is -0.347 e. The van der Waals surface area contributed by atoms with Crippen LogP contribution < -0.4 is 4.90 Å². The lowest BCUT2D eigenvalue weighted by molar-refractivity contribution is -0.881. The Morgan fingerprint density at radius 3 is 2.21 bits per heavy atom. The Balaban J connectivity index is 1.51. The predicted octanol–water partition coefficient (Wildman–Crippen LogP) is 8.20. The Morgan fingerprint density at radius 1 is 0.872 bits per heavy atom. The summed E-state index contributed by atoms with van der Waals surface area (Å²) in [5.74, 6) is 0. The minimum absolute atomic E-state index is 0.112. The van der Waals surface area contributed by atoms with Gasteiger partial charge in [0, 0.05) is 62.7 Å². The van der Waals surface area contributed by atoms with Crippen molar-refractivity contribution in [2.75, 3.05) is 46.2 Å². The van der Waals surface area contributed by atoms with Gasteiger partial charge in [0.1, 0.15) is 20.1 Å². The maximum absolute atomic E-state index is 6.37. The summed E-state index contributed by atoms with van der Waals surface area (Å²) in [6.45, 7) is 13.4. The van der Waals surface area contributed by atoms with E-state index in [1.54, 1.807) is 0 Å². The van der Waals surface area contributed by atoms with Crippen molar-refractivity contribution in [3.05, 3.63) is 104 Å². The number of anilines is 1. The molecule has 3 heterocycles. The molecule has 0 saturated carbocycles. The molecule has 0 unspecified atom stereocenters. The fourth-order valence-corrected chi connectivity index (χ4v) is 7.10. The molecule has 0 spiro atoms.